The predicted octanol–water partition coefficient (Wildman–Crippen LogP) is 0.225. The van der Waals surface area contributed by atoms with Gasteiger partial charge in [-0.1, -0.05) is 0 Å². The predicted molar refractivity (Wildman–Crippen MR) is 67.2 cm³/mol. The maximum Gasteiger partial charge on any atom is 0.200 e. The SMILES string of the molecule is CC1CCCC(CN)N1c1ccc2nnnn2n1. The lowest BCUT2D eigenvalue weighted by Crippen LogP contribution is -2.49. The van der Waals surface area contributed by atoms with Crippen LogP contribution in [0, 0.1) is 0 Å². The van der Waals surface area contributed by atoms with Gasteiger partial charge in [-0.2, -0.15) is 0 Å². The van der Waals surface area contributed by atoms with Crippen LogP contribution in [0.1, 0.15) is 26.2 Å². The van der Waals surface area contributed by atoms with Gasteiger partial charge in [0.05, 0.1) is 0 Å². The summed E-state index contributed by atoms with van der Waals surface area (Å²) >= 11 is 0. The number of hydrogen-bond donors (Lipinski definition) is 1. The van der Waals surface area contributed by atoms with E-state index >= 15 is 0 Å². The Bertz CT molecular complexity index is 537. The molecular formula is C11H17N7. The number of aromatic nitrogens is 5. The Morgan fingerprint density at radius 3 is 3.11 bits per heavy atom. The number of nitrogens with two attached hydrogens (primary N) is 1. The molecule has 2 aromatic heterocycles. The summed E-state index contributed by atoms with van der Waals surface area (Å²) in [5, 5.41) is 15.8. The highest BCUT2D eigenvalue weighted by atomic mass is 15.6. The Morgan fingerprint density at radius 2 is 2.28 bits per heavy atom. The number of tetrazole rings is 1. The monoisotopic (exact) mass is 247 g/mol. The molecule has 1 aliphatic rings. The normalized spacial score (nSPS) is 24.7. The molecule has 0 saturated carbocycles. The fraction of sp³-hybridized carbons (Fsp3) is 0.636. The van der Waals surface area contributed by atoms with Gasteiger partial charge in [0.2, 0.25) is 0 Å². The molecule has 3 rings (SSSR count). The first-order valence-electron chi connectivity index (χ1n) is 6.33. The quantitative estimate of drug-likeness (QED) is 0.817. The molecule has 18 heavy (non-hydrogen) atoms. The minimum absolute atomic E-state index is 0.357. The molecule has 0 aliphatic carbocycles. The van der Waals surface area contributed by atoms with Crippen LogP contribution in [0.5, 0.6) is 0 Å². The van der Waals surface area contributed by atoms with Crippen LogP contribution < -0.4 is 10.6 Å². The smallest absolute Gasteiger partial charge is 0.200 e. The van der Waals surface area contributed by atoms with Crippen LogP contribution in [0.15, 0.2) is 12.1 Å². The summed E-state index contributed by atoms with van der Waals surface area (Å²) in [5.41, 5.74) is 6.53. The molecule has 2 unspecified atom stereocenters. The van der Waals surface area contributed by atoms with Gasteiger partial charge in [-0.15, -0.1) is 14.8 Å². The second-order valence-electron chi connectivity index (χ2n) is 4.79. The number of fused-ring (bicyclic) bond motifs is 1. The van der Waals surface area contributed by atoms with Crippen LogP contribution in [-0.2, 0) is 0 Å². The van der Waals surface area contributed by atoms with Crippen LogP contribution in [0.4, 0.5) is 5.82 Å². The highest BCUT2D eigenvalue weighted by Crippen LogP contribution is 2.27. The van der Waals surface area contributed by atoms with E-state index < -0.39 is 0 Å². The van der Waals surface area contributed by atoms with Gasteiger partial charge < -0.3 is 10.6 Å². The summed E-state index contributed by atoms with van der Waals surface area (Å²) in [6, 6.07) is 4.66. The van der Waals surface area contributed by atoms with Crippen LogP contribution in [0.25, 0.3) is 5.65 Å². The van der Waals surface area contributed by atoms with Crippen molar-refractivity contribution in [2.45, 2.75) is 38.3 Å². The Kier molecular flexibility index (Phi) is 2.83. The molecule has 7 nitrogen and oxygen atoms in total. The first kappa shape index (κ1) is 11.3. The summed E-state index contributed by atoms with van der Waals surface area (Å²) in [4.78, 5) is 2.30. The second kappa shape index (κ2) is 4.49. The van der Waals surface area contributed by atoms with E-state index in [0.29, 0.717) is 24.3 Å². The van der Waals surface area contributed by atoms with Crippen molar-refractivity contribution in [2.75, 3.05) is 11.4 Å². The van der Waals surface area contributed by atoms with Gasteiger partial charge >= 0.3 is 0 Å². The summed E-state index contributed by atoms with van der Waals surface area (Å²) in [6.45, 7) is 2.87. The fourth-order valence-corrected chi connectivity index (χ4v) is 2.71. The number of piperidine rings is 1. The lowest BCUT2D eigenvalue weighted by molar-refractivity contribution is 0.395. The molecule has 0 spiro atoms. The van der Waals surface area contributed by atoms with Crippen LogP contribution >= 0.6 is 0 Å². The molecular weight excluding hydrogens is 230 g/mol. The van der Waals surface area contributed by atoms with Crippen molar-refractivity contribution in [1.82, 2.24) is 25.3 Å². The first-order valence-corrected chi connectivity index (χ1v) is 6.33. The van der Waals surface area contributed by atoms with E-state index in [1.807, 2.05) is 12.1 Å². The molecule has 0 amide bonds. The molecule has 2 atom stereocenters. The Hall–Kier alpha value is -1.76. The fourth-order valence-electron chi connectivity index (χ4n) is 2.71. The third-order valence-electron chi connectivity index (χ3n) is 3.62. The molecule has 0 aromatic carbocycles. The summed E-state index contributed by atoms with van der Waals surface area (Å²) in [6.07, 6.45) is 3.52. The first-order chi connectivity index (χ1) is 8.79. The van der Waals surface area contributed by atoms with Gasteiger partial charge in [0, 0.05) is 18.6 Å². The lowest BCUT2D eigenvalue weighted by atomic mass is 9.96. The highest BCUT2D eigenvalue weighted by Gasteiger charge is 2.28. The average Bonchev–Trinajstić information content (AvgIpc) is 2.85. The minimum Gasteiger partial charge on any atom is -0.348 e. The minimum atomic E-state index is 0.357. The maximum atomic E-state index is 5.87. The van der Waals surface area contributed by atoms with Crippen molar-refractivity contribution < 1.29 is 0 Å². The molecule has 1 aliphatic heterocycles. The van der Waals surface area contributed by atoms with Gasteiger partial charge in [0.15, 0.2) is 11.5 Å². The Labute approximate surface area is 105 Å². The molecule has 1 fully saturated rings. The summed E-state index contributed by atoms with van der Waals surface area (Å²) in [5.74, 6) is 0.900. The largest absolute Gasteiger partial charge is 0.348 e. The number of hydrogen-bond acceptors (Lipinski definition) is 6. The van der Waals surface area contributed by atoms with E-state index in [1.54, 1.807) is 0 Å². The van der Waals surface area contributed by atoms with Gasteiger partial charge in [-0.25, -0.2) is 0 Å². The third kappa shape index (κ3) is 1.80. The van der Waals surface area contributed by atoms with Crippen molar-refractivity contribution in [3.8, 4) is 0 Å². The van der Waals surface area contributed by atoms with E-state index in [9.17, 15) is 0 Å². The molecule has 2 aromatic rings. The highest BCUT2D eigenvalue weighted by molar-refractivity contribution is 5.46. The van der Waals surface area contributed by atoms with Crippen molar-refractivity contribution in [2.24, 2.45) is 5.73 Å². The molecule has 0 radical (unpaired) electrons. The lowest BCUT2D eigenvalue weighted by Gasteiger charge is -2.40. The Balaban J connectivity index is 1.99. The molecule has 7 heteroatoms. The zero-order valence-corrected chi connectivity index (χ0v) is 10.4. The van der Waals surface area contributed by atoms with Crippen molar-refractivity contribution in [1.29, 1.82) is 0 Å². The molecule has 1 saturated heterocycles. The van der Waals surface area contributed by atoms with Crippen LogP contribution in [0.2, 0.25) is 0 Å². The van der Waals surface area contributed by atoms with E-state index in [2.05, 4.69) is 32.4 Å². The van der Waals surface area contributed by atoms with Crippen molar-refractivity contribution >= 4 is 11.5 Å². The van der Waals surface area contributed by atoms with Gasteiger partial charge in [0.1, 0.15) is 0 Å². The van der Waals surface area contributed by atoms with Gasteiger partial charge in [-0.05, 0) is 48.7 Å². The van der Waals surface area contributed by atoms with Crippen LogP contribution in [-0.4, -0.2) is 43.9 Å². The molecule has 0 bridgehead atoms. The zero-order chi connectivity index (χ0) is 12.5. The van der Waals surface area contributed by atoms with Gasteiger partial charge in [-0.3, -0.25) is 0 Å². The van der Waals surface area contributed by atoms with E-state index in [4.69, 9.17) is 5.73 Å². The van der Waals surface area contributed by atoms with E-state index in [-0.39, 0.29) is 0 Å². The number of nitrogens with zero attached hydrogens (tertiary/aromatic N) is 6. The van der Waals surface area contributed by atoms with Gasteiger partial charge in [0.25, 0.3) is 0 Å². The topological polar surface area (TPSA) is 85.2 Å². The number of rotatable bonds is 2. The standard InChI is InChI=1S/C11H17N7/c1-8-3-2-4-9(7-12)17(8)11-6-5-10-13-15-16-18(10)14-11/h5-6,8-9H,2-4,7,12H2,1H3. The zero-order valence-electron chi connectivity index (χ0n) is 10.4. The second-order valence-corrected chi connectivity index (χ2v) is 4.79. The molecule has 96 valence electrons. The Morgan fingerprint density at radius 1 is 1.39 bits per heavy atom. The van der Waals surface area contributed by atoms with E-state index in [1.165, 1.54) is 17.5 Å². The third-order valence-corrected chi connectivity index (χ3v) is 3.62. The summed E-state index contributed by atoms with van der Waals surface area (Å²) < 4.78 is 1.46. The maximum absolute atomic E-state index is 5.87. The molecule has 3 heterocycles. The van der Waals surface area contributed by atoms with Crippen LogP contribution in [0.3, 0.4) is 0 Å². The summed E-state index contributed by atoms with van der Waals surface area (Å²) in [7, 11) is 0. The van der Waals surface area contributed by atoms with Crippen molar-refractivity contribution in [3.05, 3.63) is 12.1 Å². The van der Waals surface area contributed by atoms with E-state index in [0.717, 1.165) is 12.2 Å². The molecule has 2 N–H and O–H groups in total. The number of anilines is 1. The van der Waals surface area contributed by atoms with Crippen molar-refractivity contribution in [3.63, 3.8) is 0 Å². The average molecular weight is 247 g/mol.